The minimum Gasteiger partial charge on any atom is -0.316 e. The summed E-state index contributed by atoms with van der Waals surface area (Å²) in [7, 11) is 0. The molecule has 1 aromatic carbocycles. The predicted octanol–water partition coefficient (Wildman–Crippen LogP) is 4.91. The van der Waals surface area contributed by atoms with Crippen molar-refractivity contribution in [1.82, 2.24) is 5.32 Å². The van der Waals surface area contributed by atoms with Gasteiger partial charge in [0.1, 0.15) is 0 Å². The van der Waals surface area contributed by atoms with Crippen LogP contribution in [-0.4, -0.2) is 13.1 Å². The topological polar surface area (TPSA) is 12.0 Å². The van der Waals surface area contributed by atoms with Crippen LogP contribution in [0.3, 0.4) is 0 Å². The molecule has 21 heavy (non-hydrogen) atoms. The lowest BCUT2D eigenvalue weighted by Crippen LogP contribution is -2.40. The summed E-state index contributed by atoms with van der Waals surface area (Å²) < 4.78 is 38.9. The Balaban J connectivity index is 2.27. The Labute approximate surface area is 124 Å². The van der Waals surface area contributed by atoms with Crippen LogP contribution >= 0.6 is 0 Å². The van der Waals surface area contributed by atoms with E-state index in [9.17, 15) is 13.2 Å². The maximum absolute atomic E-state index is 13.0. The predicted molar refractivity (Wildman–Crippen MR) is 79.4 cm³/mol. The van der Waals surface area contributed by atoms with Crippen LogP contribution in [0.5, 0.6) is 0 Å². The summed E-state index contributed by atoms with van der Waals surface area (Å²) in [5.41, 5.74) is 0.190. The van der Waals surface area contributed by atoms with E-state index in [0.717, 1.165) is 50.8 Å². The molecule has 1 nitrogen and oxygen atoms in total. The van der Waals surface area contributed by atoms with Crippen molar-refractivity contribution >= 4 is 0 Å². The first-order chi connectivity index (χ1) is 9.98. The number of nitrogens with one attached hydrogen (secondary N) is 1. The van der Waals surface area contributed by atoms with Crippen LogP contribution in [0.2, 0.25) is 0 Å². The van der Waals surface area contributed by atoms with E-state index in [1.807, 2.05) is 6.07 Å². The molecule has 1 aliphatic carbocycles. The highest BCUT2D eigenvalue weighted by atomic mass is 19.4. The Morgan fingerprint density at radius 1 is 1.14 bits per heavy atom. The zero-order chi connectivity index (χ0) is 15.3. The third-order valence-corrected chi connectivity index (χ3v) is 4.50. The second-order valence-electron chi connectivity index (χ2n) is 6.10. The lowest BCUT2D eigenvalue weighted by Gasteiger charge is -2.38. The van der Waals surface area contributed by atoms with Gasteiger partial charge in [0.15, 0.2) is 0 Å². The summed E-state index contributed by atoms with van der Waals surface area (Å²) in [6.07, 6.45) is 2.13. The molecule has 4 heteroatoms. The molecule has 1 fully saturated rings. The molecular formula is C17H24F3N. The molecule has 0 radical (unpaired) electrons. The summed E-state index contributed by atoms with van der Waals surface area (Å²) in [5, 5.41) is 3.42. The van der Waals surface area contributed by atoms with Gasteiger partial charge in [0.05, 0.1) is 5.56 Å². The minimum absolute atomic E-state index is 0.130. The number of benzene rings is 1. The standard InChI is InChI=1S/C17H24F3N/c1-2-11-21-13-16(9-4-3-5-10-16)14-7-6-8-15(12-14)17(18,19)20/h6-8,12,21H,2-5,9-11,13H2,1H3. The van der Waals surface area contributed by atoms with E-state index in [0.29, 0.717) is 0 Å². The first-order valence-corrected chi connectivity index (χ1v) is 7.86. The van der Waals surface area contributed by atoms with Crippen molar-refractivity contribution in [3.8, 4) is 0 Å². The van der Waals surface area contributed by atoms with E-state index in [1.165, 1.54) is 18.6 Å². The summed E-state index contributed by atoms with van der Waals surface area (Å²) in [6.45, 7) is 3.80. The number of hydrogen-bond acceptors (Lipinski definition) is 1. The molecule has 0 spiro atoms. The van der Waals surface area contributed by atoms with Gasteiger partial charge in [-0.3, -0.25) is 0 Å². The van der Waals surface area contributed by atoms with Gasteiger partial charge >= 0.3 is 6.18 Å². The smallest absolute Gasteiger partial charge is 0.316 e. The monoisotopic (exact) mass is 299 g/mol. The molecule has 0 aromatic heterocycles. The Kier molecular flexibility index (Phi) is 5.31. The maximum Gasteiger partial charge on any atom is 0.416 e. The lowest BCUT2D eigenvalue weighted by molar-refractivity contribution is -0.137. The van der Waals surface area contributed by atoms with Gasteiger partial charge in [0.2, 0.25) is 0 Å². The largest absolute Gasteiger partial charge is 0.416 e. The fourth-order valence-corrected chi connectivity index (χ4v) is 3.33. The zero-order valence-corrected chi connectivity index (χ0v) is 12.6. The minimum atomic E-state index is -4.26. The highest BCUT2D eigenvalue weighted by Gasteiger charge is 2.36. The summed E-state index contributed by atoms with van der Waals surface area (Å²) >= 11 is 0. The SMILES string of the molecule is CCCNCC1(c2cccc(C(F)(F)F)c2)CCCCC1. The van der Waals surface area contributed by atoms with Crippen molar-refractivity contribution in [2.45, 2.75) is 57.0 Å². The van der Waals surface area contributed by atoms with Crippen molar-refractivity contribution in [3.05, 3.63) is 35.4 Å². The molecule has 1 aliphatic rings. The van der Waals surface area contributed by atoms with E-state index >= 15 is 0 Å². The summed E-state index contributed by atoms with van der Waals surface area (Å²) in [5.74, 6) is 0. The van der Waals surface area contributed by atoms with Gasteiger partial charge in [0, 0.05) is 12.0 Å². The first-order valence-electron chi connectivity index (χ1n) is 7.86. The molecule has 1 aromatic rings. The molecule has 1 saturated carbocycles. The summed E-state index contributed by atoms with van der Waals surface area (Å²) in [4.78, 5) is 0. The van der Waals surface area contributed by atoms with Gasteiger partial charge in [-0.25, -0.2) is 0 Å². The van der Waals surface area contributed by atoms with E-state index in [2.05, 4.69) is 12.2 Å². The molecule has 0 bridgehead atoms. The number of halogens is 3. The van der Waals surface area contributed by atoms with Gasteiger partial charge in [-0.1, -0.05) is 44.4 Å². The van der Waals surface area contributed by atoms with Crippen LogP contribution in [0.1, 0.15) is 56.6 Å². The van der Waals surface area contributed by atoms with Crippen LogP contribution in [0.15, 0.2) is 24.3 Å². The van der Waals surface area contributed by atoms with Crippen molar-refractivity contribution in [3.63, 3.8) is 0 Å². The van der Waals surface area contributed by atoms with E-state index < -0.39 is 11.7 Å². The molecule has 0 unspecified atom stereocenters. The highest BCUT2D eigenvalue weighted by Crippen LogP contribution is 2.41. The van der Waals surface area contributed by atoms with Gasteiger partial charge < -0.3 is 5.32 Å². The Morgan fingerprint density at radius 2 is 1.86 bits per heavy atom. The van der Waals surface area contributed by atoms with E-state index in [-0.39, 0.29) is 5.41 Å². The third kappa shape index (κ3) is 4.00. The molecule has 2 rings (SSSR count). The highest BCUT2D eigenvalue weighted by molar-refractivity contribution is 5.32. The maximum atomic E-state index is 13.0. The fraction of sp³-hybridized carbons (Fsp3) is 0.647. The number of alkyl halides is 3. The average molecular weight is 299 g/mol. The second kappa shape index (κ2) is 6.82. The Bertz CT molecular complexity index is 448. The van der Waals surface area contributed by atoms with Gasteiger partial charge in [-0.05, 0) is 37.4 Å². The van der Waals surface area contributed by atoms with E-state index in [4.69, 9.17) is 0 Å². The molecule has 0 saturated heterocycles. The van der Waals surface area contributed by atoms with Crippen molar-refractivity contribution in [2.75, 3.05) is 13.1 Å². The molecular weight excluding hydrogens is 275 g/mol. The Hall–Kier alpha value is -1.03. The van der Waals surface area contributed by atoms with Crippen molar-refractivity contribution in [2.24, 2.45) is 0 Å². The molecule has 0 heterocycles. The zero-order valence-electron chi connectivity index (χ0n) is 12.6. The van der Waals surface area contributed by atoms with E-state index in [1.54, 1.807) is 6.07 Å². The third-order valence-electron chi connectivity index (χ3n) is 4.50. The molecule has 1 N–H and O–H groups in total. The number of hydrogen-bond donors (Lipinski definition) is 1. The molecule has 0 aliphatic heterocycles. The van der Waals surface area contributed by atoms with Crippen LogP contribution in [0.4, 0.5) is 13.2 Å². The Morgan fingerprint density at radius 3 is 2.48 bits per heavy atom. The molecule has 118 valence electrons. The van der Waals surface area contributed by atoms with Crippen LogP contribution in [-0.2, 0) is 11.6 Å². The second-order valence-corrected chi connectivity index (χ2v) is 6.10. The summed E-state index contributed by atoms with van der Waals surface area (Å²) in [6, 6.07) is 5.95. The quantitative estimate of drug-likeness (QED) is 0.762. The normalized spacial score (nSPS) is 18.7. The molecule has 0 amide bonds. The van der Waals surface area contributed by atoms with Crippen LogP contribution in [0.25, 0.3) is 0 Å². The van der Waals surface area contributed by atoms with Crippen molar-refractivity contribution < 1.29 is 13.2 Å². The first kappa shape index (κ1) is 16.3. The van der Waals surface area contributed by atoms with Crippen LogP contribution < -0.4 is 5.32 Å². The van der Waals surface area contributed by atoms with Crippen molar-refractivity contribution in [1.29, 1.82) is 0 Å². The fourth-order valence-electron chi connectivity index (χ4n) is 3.33. The van der Waals surface area contributed by atoms with Gasteiger partial charge in [-0.2, -0.15) is 13.2 Å². The van der Waals surface area contributed by atoms with Gasteiger partial charge in [0.25, 0.3) is 0 Å². The van der Waals surface area contributed by atoms with Crippen LogP contribution in [0, 0.1) is 0 Å². The lowest BCUT2D eigenvalue weighted by atomic mass is 9.69. The number of rotatable bonds is 5. The van der Waals surface area contributed by atoms with Gasteiger partial charge in [-0.15, -0.1) is 0 Å². The average Bonchev–Trinajstić information content (AvgIpc) is 2.48. The molecule has 0 atom stereocenters.